The number of fused-ring (bicyclic) bond motifs is 1. The van der Waals surface area contributed by atoms with Gasteiger partial charge >= 0.3 is 0 Å². The number of ether oxygens (including phenoxy) is 1. The molecule has 1 spiro atoms. The zero-order valence-corrected chi connectivity index (χ0v) is 18.2. The van der Waals surface area contributed by atoms with Crippen molar-refractivity contribution in [3.8, 4) is 5.75 Å². The number of aryl methyl sites for hydroxylation is 3. The molecule has 2 aromatic rings. The van der Waals surface area contributed by atoms with Crippen LogP contribution in [0.2, 0.25) is 5.02 Å². The molecule has 1 fully saturated rings. The van der Waals surface area contributed by atoms with Crippen molar-refractivity contribution in [2.75, 3.05) is 19.6 Å². The molecule has 2 N–H and O–H groups in total. The van der Waals surface area contributed by atoms with Crippen molar-refractivity contribution in [1.29, 1.82) is 0 Å². The van der Waals surface area contributed by atoms with E-state index in [1.807, 2.05) is 25.1 Å². The number of nitrogens with zero attached hydrogens (tertiary/aromatic N) is 1. The Morgan fingerprint density at radius 1 is 1.10 bits per heavy atom. The number of rotatable bonds is 3. The molecule has 2 aliphatic heterocycles. The Balaban J connectivity index is 1.41. The number of aliphatic hydroxyl groups excluding tert-OH is 2. The summed E-state index contributed by atoms with van der Waals surface area (Å²) < 4.78 is 6.43. The average Bonchev–Trinajstić information content (AvgIpc) is 2.68. The minimum Gasteiger partial charge on any atom is -0.487 e. The van der Waals surface area contributed by atoms with Crippen molar-refractivity contribution < 1.29 is 14.9 Å². The number of likely N-dealkylation sites (tertiary alicyclic amines) is 1. The van der Waals surface area contributed by atoms with Crippen LogP contribution in [-0.4, -0.2) is 40.3 Å². The second-order valence-corrected chi connectivity index (χ2v) is 9.21. The van der Waals surface area contributed by atoms with Crippen molar-refractivity contribution in [1.82, 2.24) is 4.90 Å². The Labute approximate surface area is 178 Å². The fraction of sp³-hybridized carbons (Fsp3) is 0.500. The summed E-state index contributed by atoms with van der Waals surface area (Å²) in [6.45, 7) is 8.42. The molecule has 0 unspecified atom stereocenters. The van der Waals surface area contributed by atoms with Crippen LogP contribution < -0.4 is 4.74 Å². The first-order valence-corrected chi connectivity index (χ1v) is 10.8. The second-order valence-electron chi connectivity index (χ2n) is 8.80. The van der Waals surface area contributed by atoms with Crippen LogP contribution in [0.5, 0.6) is 5.75 Å². The first-order valence-electron chi connectivity index (χ1n) is 10.4. The molecule has 4 rings (SSSR count). The van der Waals surface area contributed by atoms with Gasteiger partial charge in [-0.2, -0.15) is 0 Å². The number of hydrogen-bond donors (Lipinski definition) is 2. The smallest absolute Gasteiger partial charge is 0.126 e. The topological polar surface area (TPSA) is 52.9 Å². The summed E-state index contributed by atoms with van der Waals surface area (Å²) in [6.07, 6.45) is 1.22. The molecule has 0 amide bonds. The third kappa shape index (κ3) is 4.17. The molecule has 0 saturated carbocycles. The number of piperidine rings is 1. The summed E-state index contributed by atoms with van der Waals surface area (Å²) in [7, 11) is 0. The lowest BCUT2D eigenvalue weighted by atomic mass is 9.81. The van der Waals surface area contributed by atoms with Gasteiger partial charge in [0, 0.05) is 36.6 Å². The summed E-state index contributed by atoms with van der Waals surface area (Å²) in [5.41, 5.74) is 4.83. The highest BCUT2D eigenvalue weighted by Crippen LogP contribution is 2.45. The van der Waals surface area contributed by atoms with E-state index in [0.29, 0.717) is 18.0 Å². The highest BCUT2D eigenvalue weighted by Gasteiger charge is 2.43. The zero-order chi connectivity index (χ0) is 20.8. The lowest BCUT2D eigenvalue weighted by Gasteiger charge is -2.46. The predicted octanol–water partition coefficient (Wildman–Crippen LogP) is 4.65. The van der Waals surface area contributed by atoms with Gasteiger partial charge in [0.15, 0.2) is 0 Å². The zero-order valence-electron chi connectivity index (χ0n) is 17.4. The first kappa shape index (κ1) is 20.7. The molecule has 2 aromatic carbocycles. The van der Waals surface area contributed by atoms with Gasteiger partial charge in [-0.25, -0.2) is 0 Å². The number of halogens is 1. The van der Waals surface area contributed by atoms with Crippen LogP contribution in [0.4, 0.5) is 0 Å². The summed E-state index contributed by atoms with van der Waals surface area (Å²) >= 11 is 6.23. The number of hydrogen-bond acceptors (Lipinski definition) is 4. The maximum atomic E-state index is 10.7. The Bertz CT molecular complexity index is 905. The molecule has 0 bridgehead atoms. The van der Waals surface area contributed by atoms with Crippen LogP contribution in [0.25, 0.3) is 0 Å². The first-order chi connectivity index (χ1) is 13.8. The van der Waals surface area contributed by atoms with E-state index < -0.39 is 12.2 Å². The van der Waals surface area contributed by atoms with Gasteiger partial charge in [-0.15, -0.1) is 0 Å². The van der Waals surface area contributed by atoms with E-state index in [9.17, 15) is 10.2 Å². The molecule has 0 radical (unpaired) electrons. The fourth-order valence-corrected chi connectivity index (χ4v) is 4.70. The van der Waals surface area contributed by atoms with E-state index in [2.05, 4.69) is 30.9 Å². The van der Waals surface area contributed by atoms with E-state index in [1.54, 1.807) is 0 Å². The standard InChI is InChI=1S/C24H30ClNO3/c1-15-4-5-18(10-16(15)2)22(28)14-26-8-6-24(7-9-26)13-21(27)19-12-20(25)17(3)11-23(19)29-24/h4-5,10-12,21-22,27-28H,6-9,13-14H2,1-3H3/t21-,22-/m1/s1. The summed E-state index contributed by atoms with van der Waals surface area (Å²) in [5.74, 6) is 0.759. The monoisotopic (exact) mass is 415 g/mol. The third-order valence-electron chi connectivity index (χ3n) is 6.66. The van der Waals surface area contributed by atoms with Gasteiger partial charge < -0.3 is 19.8 Å². The third-order valence-corrected chi connectivity index (χ3v) is 7.06. The summed E-state index contributed by atoms with van der Waals surface area (Å²) in [5, 5.41) is 22.1. The van der Waals surface area contributed by atoms with Gasteiger partial charge in [0.25, 0.3) is 0 Å². The number of benzene rings is 2. The maximum absolute atomic E-state index is 10.7. The lowest BCUT2D eigenvalue weighted by molar-refractivity contribution is -0.0588. The molecule has 0 aromatic heterocycles. The SMILES string of the molecule is Cc1ccc([C@H](O)CN2CCC3(CC2)C[C@@H](O)c2cc(Cl)c(C)cc2O3)cc1C. The van der Waals surface area contributed by atoms with Gasteiger partial charge in [0.05, 0.1) is 12.2 Å². The number of aliphatic hydroxyl groups is 2. The van der Waals surface area contributed by atoms with E-state index in [4.69, 9.17) is 16.3 Å². The van der Waals surface area contributed by atoms with Crippen LogP contribution in [0, 0.1) is 20.8 Å². The molecule has 5 heteroatoms. The van der Waals surface area contributed by atoms with Crippen LogP contribution in [0.15, 0.2) is 30.3 Å². The predicted molar refractivity (Wildman–Crippen MR) is 116 cm³/mol. The maximum Gasteiger partial charge on any atom is 0.126 e. The summed E-state index contributed by atoms with van der Waals surface area (Å²) in [6, 6.07) is 9.94. The Hall–Kier alpha value is -1.59. The minimum atomic E-state index is -0.551. The van der Waals surface area contributed by atoms with Gasteiger partial charge in [0.2, 0.25) is 0 Å². The van der Waals surface area contributed by atoms with E-state index in [1.165, 1.54) is 11.1 Å². The largest absolute Gasteiger partial charge is 0.487 e. The van der Waals surface area contributed by atoms with Crippen LogP contribution >= 0.6 is 11.6 Å². The Morgan fingerprint density at radius 2 is 1.83 bits per heavy atom. The lowest BCUT2D eigenvalue weighted by Crippen LogP contribution is -2.51. The van der Waals surface area contributed by atoms with Crippen molar-refractivity contribution >= 4 is 11.6 Å². The molecule has 29 heavy (non-hydrogen) atoms. The van der Waals surface area contributed by atoms with Crippen LogP contribution in [0.3, 0.4) is 0 Å². The summed E-state index contributed by atoms with van der Waals surface area (Å²) in [4.78, 5) is 2.30. The van der Waals surface area contributed by atoms with Gasteiger partial charge in [-0.1, -0.05) is 29.8 Å². The second kappa shape index (κ2) is 7.92. The quantitative estimate of drug-likeness (QED) is 0.766. The molecule has 2 aliphatic rings. The average molecular weight is 416 g/mol. The van der Waals surface area contributed by atoms with Gasteiger partial charge in [-0.05, 0) is 68.0 Å². The van der Waals surface area contributed by atoms with Crippen molar-refractivity contribution in [2.24, 2.45) is 0 Å². The molecule has 156 valence electrons. The highest BCUT2D eigenvalue weighted by atomic mass is 35.5. The van der Waals surface area contributed by atoms with E-state index in [0.717, 1.165) is 48.4 Å². The van der Waals surface area contributed by atoms with E-state index >= 15 is 0 Å². The number of β-amino-alcohol motifs (C(OH)–C–C–N with tert-alkyl or cyclic N) is 1. The van der Waals surface area contributed by atoms with Crippen molar-refractivity contribution in [3.63, 3.8) is 0 Å². The van der Waals surface area contributed by atoms with Crippen molar-refractivity contribution in [2.45, 2.75) is 57.8 Å². The molecule has 2 heterocycles. The minimum absolute atomic E-state index is 0.339. The molecule has 1 saturated heterocycles. The molecule has 4 nitrogen and oxygen atoms in total. The normalized spacial score (nSPS) is 22.2. The highest BCUT2D eigenvalue weighted by molar-refractivity contribution is 6.31. The van der Waals surface area contributed by atoms with Crippen molar-refractivity contribution in [3.05, 3.63) is 63.2 Å². The van der Waals surface area contributed by atoms with Gasteiger partial charge in [0.1, 0.15) is 11.4 Å². The molecular formula is C24H30ClNO3. The fourth-order valence-electron chi connectivity index (χ4n) is 4.53. The molecule has 0 aliphatic carbocycles. The van der Waals surface area contributed by atoms with Crippen LogP contribution in [0.1, 0.15) is 59.3 Å². The molecular weight excluding hydrogens is 386 g/mol. The Morgan fingerprint density at radius 3 is 2.52 bits per heavy atom. The molecule has 2 atom stereocenters. The van der Waals surface area contributed by atoms with Gasteiger partial charge in [-0.3, -0.25) is 0 Å². The van der Waals surface area contributed by atoms with E-state index in [-0.39, 0.29) is 5.60 Å². The Kier molecular flexibility index (Phi) is 5.64. The van der Waals surface area contributed by atoms with Crippen LogP contribution in [-0.2, 0) is 0 Å².